The van der Waals surface area contributed by atoms with Gasteiger partial charge in [0.1, 0.15) is 0 Å². The van der Waals surface area contributed by atoms with Gasteiger partial charge in [-0.2, -0.15) is 13.2 Å². The maximum absolute atomic E-state index is 12.2. The van der Waals surface area contributed by atoms with E-state index in [0.29, 0.717) is 5.96 Å². The Morgan fingerprint density at radius 3 is 2.58 bits per heavy atom. The number of hydrogen-bond donors (Lipinski definition) is 1. The van der Waals surface area contributed by atoms with Crippen molar-refractivity contribution in [3.63, 3.8) is 0 Å². The van der Waals surface area contributed by atoms with Crippen LogP contribution in [-0.4, -0.2) is 79.8 Å². The van der Waals surface area contributed by atoms with Gasteiger partial charge in [-0.25, -0.2) is 4.98 Å². The molecule has 0 unspecified atom stereocenters. The standard InChI is InChI=1S/C13H21F3N6S.HI/c1-20(10-13(14,15)16)4-2-18-11(17)21-5-7-22(8-6-21)12-19-3-9-23-12;/h3,9H,2,4-8,10H2,1H3,(H2,17,18);1H. The lowest BCUT2D eigenvalue weighted by Crippen LogP contribution is -2.51. The number of piperazine rings is 1. The molecular weight excluding hydrogens is 456 g/mol. The molecular formula is C13H22F3IN6S. The summed E-state index contributed by atoms with van der Waals surface area (Å²) in [5, 5.41) is 2.93. The van der Waals surface area contributed by atoms with Crippen molar-refractivity contribution in [2.45, 2.75) is 6.18 Å². The predicted molar refractivity (Wildman–Crippen MR) is 101 cm³/mol. The van der Waals surface area contributed by atoms with Crippen LogP contribution in [0.2, 0.25) is 0 Å². The summed E-state index contributed by atoms with van der Waals surface area (Å²) >= 11 is 1.60. The first-order valence-electron chi connectivity index (χ1n) is 7.30. The molecule has 6 nitrogen and oxygen atoms in total. The highest BCUT2D eigenvalue weighted by Gasteiger charge is 2.28. The molecule has 1 saturated heterocycles. The van der Waals surface area contributed by atoms with Crippen LogP contribution in [0, 0.1) is 0 Å². The van der Waals surface area contributed by atoms with Crippen molar-refractivity contribution in [3.05, 3.63) is 11.6 Å². The fourth-order valence-corrected chi connectivity index (χ4v) is 3.02. The maximum atomic E-state index is 12.2. The Bertz CT molecular complexity index is 502. The predicted octanol–water partition coefficient (Wildman–Crippen LogP) is 1.69. The molecule has 2 heterocycles. The highest BCUT2D eigenvalue weighted by Crippen LogP contribution is 2.18. The second kappa shape index (κ2) is 9.61. The quantitative estimate of drug-likeness (QED) is 0.397. The van der Waals surface area contributed by atoms with E-state index in [0.717, 1.165) is 31.3 Å². The summed E-state index contributed by atoms with van der Waals surface area (Å²) in [6.45, 7) is 2.61. The lowest BCUT2D eigenvalue weighted by Gasteiger charge is -2.35. The molecule has 0 bridgehead atoms. The van der Waals surface area contributed by atoms with Gasteiger partial charge in [0, 0.05) is 44.3 Å². The summed E-state index contributed by atoms with van der Waals surface area (Å²) in [7, 11) is 1.42. The van der Waals surface area contributed by atoms with Gasteiger partial charge < -0.3 is 15.5 Å². The molecule has 0 saturated carbocycles. The van der Waals surface area contributed by atoms with E-state index in [1.807, 2.05) is 10.3 Å². The van der Waals surface area contributed by atoms with Crippen molar-refractivity contribution >= 4 is 46.4 Å². The zero-order valence-corrected chi connectivity index (χ0v) is 16.5. The second-order valence-corrected chi connectivity index (χ2v) is 6.25. The third kappa shape index (κ3) is 6.97. The van der Waals surface area contributed by atoms with Gasteiger partial charge in [-0.1, -0.05) is 0 Å². The molecule has 24 heavy (non-hydrogen) atoms. The first-order chi connectivity index (χ1) is 10.8. The van der Waals surface area contributed by atoms with E-state index in [-0.39, 0.29) is 37.1 Å². The van der Waals surface area contributed by atoms with Gasteiger partial charge in [-0.3, -0.25) is 9.89 Å². The van der Waals surface area contributed by atoms with Gasteiger partial charge in [0.25, 0.3) is 0 Å². The Kier molecular flexibility index (Phi) is 8.50. The number of nitrogens with two attached hydrogens (primary N) is 1. The van der Waals surface area contributed by atoms with Crippen LogP contribution < -0.4 is 10.6 Å². The molecule has 1 aliphatic rings. The number of likely N-dealkylation sites (N-methyl/N-ethyl adjacent to an activating group) is 1. The summed E-state index contributed by atoms with van der Waals surface area (Å²) in [4.78, 5) is 13.8. The van der Waals surface area contributed by atoms with Gasteiger partial charge in [0.15, 0.2) is 11.1 Å². The molecule has 2 rings (SSSR count). The topological polar surface area (TPSA) is 61.0 Å². The summed E-state index contributed by atoms with van der Waals surface area (Å²) in [6, 6.07) is 0. The van der Waals surface area contributed by atoms with Crippen molar-refractivity contribution < 1.29 is 13.2 Å². The minimum absolute atomic E-state index is 0. The van der Waals surface area contributed by atoms with Gasteiger partial charge in [0.2, 0.25) is 0 Å². The molecule has 0 radical (unpaired) electrons. The van der Waals surface area contributed by atoms with E-state index in [2.05, 4.69) is 14.9 Å². The number of thiazole rings is 1. The Hall–Kier alpha value is -0.820. The highest BCUT2D eigenvalue weighted by molar-refractivity contribution is 14.0. The van der Waals surface area contributed by atoms with Gasteiger partial charge >= 0.3 is 6.18 Å². The van der Waals surface area contributed by atoms with Crippen LogP contribution in [-0.2, 0) is 0 Å². The van der Waals surface area contributed by atoms with Crippen LogP contribution in [0.4, 0.5) is 18.3 Å². The van der Waals surface area contributed by atoms with E-state index >= 15 is 0 Å². The number of nitrogens with zero attached hydrogens (tertiary/aromatic N) is 5. The van der Waals surface area contributed by atoms with E-state index in [1.54, 1.807) is 17.5 Å². The summed E-state index contributed by atoms with van der Waals surface area (Å²) in [6.07, 6.45) is -2.41. The average Bonchev–Trinajstić information content (AvgIpc) is 2.99. The number of guanidine groups is 1. The van der Waals surface area contributed by atoms with E-state index in [1.165, 1.54) is 11.9 Å². The molecule has 0 atom stereocenters. The molecule has 1 fully saturated rings. The number of halogens is 4. The minimum Gasteiger partial charge on any atom is -0.370 e. The van der Waals surface area contributed by atoms with Crippen LogP contribution in [0.1, 0.15) is 0 Å². The highest BCUT2D eigenvalue weighted by atomic mass is 127. The molecule has 0 aliphatic carbocycles. The number of aliphatic imine (C=N–C) groups is 1. The fraction of sp³-hybridized carbons (Fsp3) is 0.692. The summed E-state index contributed by atoms with van der Waals surface area (Å²) < 4.78 is 36.6. The van der Waals surface area contributed by atoms with E-state index < -0.39 is 12.7 Å². The van der Waals surface area contributed by atoms with Gasteiger partial charge in [-0.05, 0) is 7.05 Å². The van der Waals surface area contributed by atoms with Crippen molar-refractivity contribution in [2.75, 3.05) is 57.8 Å². The largest absolute Gasteiger partial charge is 0.401 e. The van der Waals surface area contributed by atoms with Crippen molar-refractivity contribution in [3.8, 4) is 0 Å². The maximum Gasteiger partial charge on any atom is 0.401 e. The van der Waals surface area contributed by atoms with Gasteiger partial charge in [-0.15, -0.1) is 35.3 Å². The third-order valence-corrected chi connectivity index (χ3v) is 4.33. The van der Waals surface area contributed by atoms with E-state index in [9.17, 15) is 13.2 Å². The molecule has 138 valence electrons. The zero-order valence-electron chi connectivity index (χ0n) is 13.4. The molecule has 2 N–H and O–H groups in total. The Labute approximate surface area is 160 Å². The number of hydrogen-bond acceptors (Lipinski definition) is 5. The van der Waals surface area contributed by atoms with Crippen molar-refractivity contribution in [1.82, 2.24) is 14.8 Å². The van der Waals surface area contributed by atoms with Crippen LogP contribution in [0.15, 0.2) is 16.6 Å². The minimum atomic E-state index is -4.18. The van der Waals surface area contributed by atoms with E-state index in [4.69, 9.17) is 5.73 Å². The lowest BCUT2D eigenvalue weighted by molar-refractivity contribution is -0.142. The Morgan fingerprint density at radius 1 is 1.38 bits per heavy atom. The molecule has 1 aromatic rings. The van der Waals surface area contributed by atoms with Gasteiger partial charge in [0.05, 0.1) is 13.1 Å². The third-order valence-electron chi connectivity index (χ3n) is 3.50. The molecule has 0 amide bonds. The lowest BCUT2D eigenvalue weighted by atomic mass is 10.3. The molecule has 0 aromatic carbocycles. The number of alkyl halides is 3. The molecule has 0 spiro atoms. The number of anilines is 1. The fourth-order valence-electron chi connectivity index (χ4n) is 2.32. The average molecular weight is 478 g/mol. The van der Waals surface area contributed by atoms with Crippen molar-refractivity contribution in [2.24, 2.45) is 10.7 Å². The second-order valence-electron chi connectivity index (χ2n) is 5.38. The van der Waals surface area contributed by atoms with Crippen LogP contribution in [0.3, 0.4) is 0 Å². The van der Waals surface area contributed by atoms with Crippen LogP contribution in [0.5, 0.6) is 0 Å². The normalized spacial score (nSPS) is 16.5. The Morgan fingerprint density at radius 2 is 2.04 bits per heavy atom. The molecule has 1 aromatic heterocycles. The van der Waals surface area contributed by atoms with Crippen LogP contribution >= 0.6 is 35.3 Å². The summed E-state index contributed by atoms with van der Waals surface area (Å²) in [5.41, 5.74) is 5.93. The SMILES string of the molecule is CN(CCN=C(N)N1CCN(c2nccs2)CC1)CC(F)(F)F.I. The Balaban J connectivity index is 0.00000288. The van der Waals surface area contributed by atoms with Crippen molar-refractivity contribution in [1.29, 1.82) is 0 Å². The molecule has 1 aliphatic heterocycles. The first kappa shape index (κ1) is 21.2. The molecule has 11 heteroatoms. The monoisotopic (exact) mass is 478 g/mol. The van der Waals surface area contributed by atoms with Crippen LogP contribution in [0.25, 0.3) is 0 Å². The summed E-state index contributed by atoms with van der Waals surface area (Å²) in [5.74, 6) is 0.393. The zero-order chi connectivity index (χ0) is 16.9. The first-order valence-corrected chi connectivity index (χ1v) is 8.18. The number of rotatable bonds is 5. The number of aromatic nitrogens is 1. The smallest absolute Gasteiger partial charge is 0.370 e.